The molecule has 4 nitrogen and oxygen atoms in total. The minimum atomic E-state index is 0.138. The third-order valence-electron chi connectivity index (χ3n) is 10.6. The van der Waals surface area contributed by atoms with Crippen LogP contribution in [0.5, 0.6) is 0 Å². The summed E-state index contributed by atoms with van der Waals surface area (Å²) >= 11 is 0. The second kappa shape index (κ2) is 17.4. The Labute approximate surface area is 275 Å². The molecule has 2 unspecified atom stereocenters. The van der Waals surface area contributed by atoms with Crippen molar-refractivity contribution in [2.24, 2.45) is 0 Å². The summed E-state index contributed by atoms with van der Waals surface area (Å²) in [7, 11) is 0. The molecule has 2 rings (SSSR count). The van der Waals surface area contributed by atoms with Gasteiger partial charge in [0, 0.05) is 44.9 Å². The molecule has 44 heavy (non-hydrogen) atoms. The van der Waals surface area contributed by atoms with E-state index in [1.54, 1.807) is 0 Å². The minimum Gasteiger partial charge on any atom is -0.345 e. The molecule has 2 heterocycles. The number of aromatic amines is 2. The van der Waals surface area contributed by atoms with E-state index in [-0.39, 0.29) is 21.7 Å². The third kappa shape index (κ3) is 10.8. The van der Waals surface area contributed by atoms with Crippen molar-refractivity contribution in [2.45, 2.75) is 221 Å². The van der Waals surface area contributed by atoms with Crippen LogP contribution in [0.3, 0.4) is 0 Å². The maximum Gasteiger partial charge on any atom is 0.109 e. The monoisotopic (exact) mass is 613 g/mol. The molecule has 0 radical (unpaired) electrons. The number of hydrogen-bond acceptors (Lipinski definition) is 2. The highest BCUT2D eigenvalue weighted by Gasteiger charge is 2.35. The van der Waals surface area contributed by atoms with Gasteiger partial charge in [-0.2, -0.15) is 0 Å². The van der Waals surface area contributed by atoms with Crippen LogP contribution in [0.1, 0.15) is 234 Å². The predicted octanol–water partition coefficient (Wildman–Crippen LogP) is 12.9. The van der Waals surface area contributed by atoms with Crippen LogP contribution in [0, 0.1) is 0 Å². The molecule has 0 fully saturated rings. The summed E-state index contributed by atoms with van der Waals surface area (Å²) in [5.41, 5.74) is 6.01. The van der Waals surface area contributed by atoms with Crippen LogP contribution in [0.15, 0.2) is 0 Å². The van der Waals surface area contributed by atoms with Crippen LogP contribution in [0.25, 0.3) is 0 Å². The molecule has 2 aromatic heterocycles. The molecular weight excluding hydrogens is 536 g/mol. The summed E-state index contributed by atoms with van der Waals surface area (Å²) in [5.74, 6) is 3.37. The van der Waals surface area contributed by atoms with E-state index < -0.39 is 0 Å². The van der Waals surface area contributed by atoms with Gasteiger partial charge in [-0.15, -0.1) is 0 Å². The van der Waals surface area contributed by atoms with E-state index in [9.17, 15) is 0 Å². The maximum absolute atomic E-state index is 5.10. The van der Waals surface area contributed by atoms with Crippen molar-refractivity contribution < 1.29 is 0 Å². The molecule has 0 aliphatic carbocycles. The average molecular weight is 613 g/mol. The molecule has 0 aliphatic rings. The molecule has 256 valence electrons. The lowest BCUT2D eigenvalue weighted by atomic mass is 9.76. The number of H-pyrrole nitrogens is 2. The number of nitrogens with zero attached hydrogens (tertiary/aromatic N) is 2. The molecular formula is C40H76N4. The molecule has 0 spiro atoms. The Bertz CT molecular complexity index is 1080. The fraction of sp³-hybridized carbons (Fsp3) is 0.850. The molecule has 0 amide bonds. The summed E-state index contributed by atoms with van der Waals surface area (Å²) in [5, 5.41) is 0. The normalized spacial score (nSPS) is 14.4. The highest BCUT2D eigenvalue weighted by Crippen LogP contribution is 2.40. The number of unbranched alkanes of at least 4 members (excludes halogenated alkanes) is 3. The van der Waals surface area contributed by atoms with Crippen LogP contribution < -0.4 is 0 Å². The predicted molar refractivity (Wildman–Crippen MR) is 196 cm³/mol. The summed E-state index contributed by atoms with van der Waals surface area (Å²) in [6, 6.07) is 0. The van der Waals surface area contributed by atoms with E-state index in [0.29, 0.717) is 11.8 Å². The fourth-order valence-electron chi connectivity index (χ4n) is 6.19. The smallest absolute Gasteiger partial charge is 0.109 e. The number of aromatic nitrogens is 4. The first-order valence-corrected chi connectivity index (χ1v) is 18.6. The maximum atomic E-state index is 5.10. The van der Waals surface area contributed by atoms with Gasteiger partial charge in [0.15, 0.2) is 0 Å². The molecule has 0 bridgehead atoms. The SMILES string of the molecule is CCCCC(C)(C)c1nc(C(C)CC)[nH]c1C(C)(C)CCC.CCCCCC(C)(C)c1[nH]c(C(C)CC)nc1C(C)(C)CC. The lowest BCUT2D eigenvalue weighted by Gasteiger charge is -2.30. The lowest BCUT2D eigenvalue weighted by Crippen LogP contribution is -2.26. The molecule has 0 saturated heterocycles. The van der Waals surface area contributed by atoms with Crippen molar-refractivity contribution in [2.75, 3.05) is 0 Å². The lowest BCUT2D eigenvalue weighted by molar-refractivity contribution is 0.409. The van der Waals surface area contributed by atoms with E-state index >= 15 is 0 Å². The molecule has 0 aliphatic heterocycles. The Morgan fingerprint density at radius 2 is 0.909 bits per heavy atom. The van der Waals surface area contributed by atoms with Crippen LogP contribution in [0.2, 0.25) is 0 Å². The topological polar surface area (TPSA) is 57.4 Å². The van der Waals surface area contributed by atoms with Crippen molar-refractivity contribution in [1.82, 2.24) is 19.9 Å². The van der Waals surface area contributed by atoms with Gasteiger partial charge in [-0.3, -0.25) is 0 Å². The van der Waals surface area contributed by atoms with Gasteiger partial charge in [-0.25, -0.2) is 9.97 Å². The zero-order valence-electron chi connectivity index (χ0n) is 32.5. The molecule has 2 N–H and O–H groups in total. The van der Waals surface area contributed by atoms with Gasteiger partial charge in [-0.1, -0.05) is 149 Å². The first-order chi connectivity index (χ1) is 20.4. The number of imidazole rings is 2. The quantitative estimate of drug-likeness (QED) is 0.165. The highest BCUT2D eigenvalue weighted by atomic mass is 15.0. The van der Waals surface area contributed by atoms with E-state index in [1.165, 1.54) is 92.2 Å². The van der Waals surface area contributed by atoms with Gasteiger partial charge in [0.05, 0.1) is 11.4 Å². The second-order valence-electron chi connectivity index (χ2n) is 16.5. The van der Waals surface area contributed by atoms with Gasteiger partial charge >= 0.3 is 0 Å². The molecule has 2 atom stereocenters. The molecule has 2 aromatic rings. The summed E-state index contributed by atoms with van der Waals surface area (Å²) in [4.78, 5) is 17.6. The van der Waals surface area contributed by atoms with E-state index in [0.717, 1.165) is 19.3 Å². The first-order valence-electron chi connectivity index (χ1n) is 18.6. The zero-order chi connectivity index (χ0) is 33.9. The minimum absolute atomic E-state index is 0.138. The van der Waals surface area contributed by atoms with E-state index in [4.69, 9.17) is 9.97 Å². The average Bonchev–Trinajstić information content (AvgIpc) is 3.64. The van der Waals surface area contributed by atoms with Gasteiger partial charge in [0.1, 0.15) is 11.6 Å². The Hall–Kier alpha value is -1.58. The van der Waals surface area contributed by atoms with Crippen molar-refractivity contribution in [3.05, 3.63) is 34.4 Å². The Balaban J connectivity index is 0.000000440. The van der Waals surface area contributed by atoms with Gasteiger partial charge in [0.2, 0.25) is 0 Å². The molecule has 4 heteroatoms. The van der Waals surface area contributed by atoms with Crippen molar-refractivity contribution in [3.63, 3.8) is 0 Å². The summed E-state index contributed by atoms with van der Waals surface area (Å²) in [6.07, 6.45) is 14.7. The summed E-state index contributed by atoms with van der Waals surface area (Å²) < 4.78 is 0. The summed E-state index contributed by atoms with van der Waals surface area (Å²) in [6.45, 7) is 37.0. The van der Waals surface area contributed by atoms with Crippen LogP contribution >= 0.6 is 0 Å². The van der Waals surface area contributed by atoms with Crippen LogP contribution in [-0.2, 0) is 21.7 Å². The van der Waals surface area contributed by atoms with Gasteiger partial charge in [0.25, 0.3) is 0 Å². The molecule has 0 aromatic carbocycles. The van der Waals surface area contributed by atoms with E-state index in [2.05, 4.69) is 121 Å². The molecule has 0 saturated carbocycles. The number of nitrogens with one attached hydrogen (secondary N) is 2. The Morgan fingerprint density at radius 1 is 0.500 bits per heavy atom. The van der Waals surface area contributed by atoms with Crippen molar-refractivity contribution in [1.29, 1.82) is 0 Å². The largest absolute Gasteiger partial charge is 0.345 e. The standard InChI is InChI=1S/2C20H38N2/c1-9-12-13-14-20(7,8)17-16(19(5,6)11-3)21-18(22-17)15(4)10-2;1-9-12-14-20(7,8)17-16(19(5,6)13-10-2)21-18(22-17)15(4)11-3/h2*15H,9-14H2,1-8H3,(H,21,22). The first kappa shape index (κ1) is 40.4. The van der Waals surface area contributed by atoms with Crippen molar-refractivity contribution >= 4 is 0 Å². The fourth-order valence-corrected chi connectivity index (χ4v) is 6.19. The van der Waals surface area contributed by atoms with Crippen molar-refractivity contribution in [3.8, 4) is 0 Å². The zero-order valence-corrected chi connectivity index (χ0v) is 32.5. The van der Waals surface area contributed by atoms with E-state index in [1.807, 2.05) is 0 Å². The van der Waals surface area contributed by atoms with Crippen LogP contribution in [0.4, 0.5) is 0 Å². The highest BCUT2D eigenvalue weighted by molar-refractivity contribution is 5.31. The third-order valence-corrected chi connectivity index (χ3v) is 10.6. The van der Waals surface area contributed by atoms with Gasteiger partial charge < -0.3 is 9.97 Å². The number of hydrogen-bond donors (Lipinski definition) is 2. The number of rotatable bonds is 18. The second-order valence-corrected chi connectivity index (χ2v) is 16.5. The van der Waals surface area contributed by atoms with Crippen LogP contribution in [-0.4, -0.2) is 19.9 Å². The Morgan fingerprint density at radius 3 is 1.30 bits per heavy atom. The Kier molecular flexibility index (Phi) is 16.0. The van der Waals surface area contributed by atoms with Gasteiger partial charge in [-0.05, 0) is 38.5 Å².